The van der Waals surface area contributed by atoms with Crippen LogP contribution in [0.2, 0.25) is 0 Å². The quantitative estimate of drug-likeness (QED) is 0.591. The van der Waals surface area contributed by atoms with Crippen molar-refractivity contribution in [2.24, 2.45) is 5.92 Å². The number of rotatable bonds is 6. The Morgan fingerprint density at radius 1 is 1.00 bits per heavy atom. The number of carbonyl (C=O) groups is 2. The third-order valence-corrected chi connectivity index (χ3v) is 9.03. The number of likely N-dealkylation sites (N-methyl/N-ethyl adjacent to an activating group) is 1. The van der Waals surface area contributed by atoms with E-state index in [1.54, 1.807) is 12.0 Å². The molecule has 6 rings (SSSR count). The van der Waals surface area contributed by atoms with Crippen LogP contribution in [0.15, 0.2) is 48.5 Å². The average Bonchev–Trinajstić information content (AvgIpc) is 3.61. The Morgan fingerprint density at radius 2 is 1.68 bits per heavy atom. The van der Waals surface area contributed by atoms with Crippen LogP contribution in [0.1, 0.15) is 42.5 Å². The predicted octanol–water partition coefficient (Wildman–Crippen LogP) is 2.75. The summed E-state index contributed by atoms with van der Waals surface area (Å²) in [6.45, 7) is 6.05. The van der Waals surface area contributed by atoms with Crippen LogP contribution in [0.4, 0.5) is 4.79 Å². The highest BCUT2D eigenvalue weighted by molar-refractivity contribution is 6.07. The normalized spacial score (nSPS) is 25.9. The van der Waals surface area contributed by atoms with Gasteiger partial charge in [-0.05, 0) is 61.4 Å². The number of hydrazine groups is 1. The van der Waals surface area contributed by atoms with Crippen LogP contribution < -0.4 is 15.6 Å². The number of fused-ring (bicyclic) bond motifs is 1. The lowest BCUT2D eigenvalue weighted by molar-refractivity contribution is -0.137. The minimum absolute atomic E-state index is 0.0251. The summed E-state index contributed by atoms with van der Waals surface area (Å²) >= 11 is 0. The molecule has 4 aliphatic rings. The van der Waals surface area contributed by atoms with Gasteiger partial charge in [0.15, 0.2) is 0 Å². The summed E-state index contributed by atoms with van der Waals surface area (Å²) in [4.78, 5) is 33.5. The monoisotopic (exact) mass is 503 g/mol. The molecule has 3 heterocycles. The Labute approximate surface area is 218 Å². The molecule has 2 N–H and O–H groups in total. The van der Waals surface area contributed by atoms with Gasteiger partial charge in [-0.2, -0.15) is 0 Å². The highest BCUT2D eigenvalue weighted by Gasteiger charge is 2.59. The molecule has 3 saturated heterocycles. The predicted molar refractivity (Wildman–Crippen MR) is 141 cm³/mol. The topological polar surface area (TPSA) is 77.2 Å². The number of imide groups is 1. The fourth-order valence-electron chi connectivity index (χ4n) is 7.01. The van der Waals surface area contributed by atoms with Gasteiger partial charge in [0.2, 0.25) is 0 Å². The summed E-state index contributed by atoms with van der Waals surface area (Å²) in [6.07, 6.45) is 2.93. The van der Waals surface area contributed by atoms with Gasteiger partial charge in [-0.25, -0.2) is 10.2 Å². The molecule has 1 aliphatic carbocycles. The molecule has 2 unspecified atom stereocenters. The molecule has 8 heteroatoms. The molecule has 0 radical (unpaired) electrons. The van der Waals surface area contributed by atoms with Crippen LogP contribution in [0, 0.1) is 5.92 Å². The molecule has 8 nitrogen and oxygen atoms in total. The standard InChI is InChI=1S/C29H37N5O3/c1-3-33-28(36)34(24-16-21-6-4-5-7-22(21)17-24)27(35)29(33)12-14-32(15-13-29)19-23-18-30-31-26(23)20-8-10-25(37-2)11-9-20/h4-11,23-24,26,30-31H,3,12-19H2,1-2H3. The van der Waals surface area contributed by atoms with Crippen molar-refractivity contribution in [1.82, 2.24) is 25.6 Å². The van der Waals surface area contributed by atoms with Crippen LogP contribution in [0.5, 0.6) is 5.75 Å². The van der Waals surface area contributed by atoms with E-state index >= 15 is 0 Å². The first-order valence-electron chi connectivity index (χ1n) is 13.6. The lowest BCUT2D eigenvalue weighted by Crippen LogP contribution is -2.57. The summed E-state index contributed by atoms with van der Waals surface area (Å²) < 4.78 is 5.31. The van der Waals surface area contributed by atoms with Crippen molar-refractivity contribution >= 4 is 11.9 Å². The van der Waals surface area contributed by atoms with Crippen molar-refractivity contribution in [2.75, 3.05) is 39.8 Å². The first kappa shape index (κ1) is 24.4. The number of likely N-dealkylation sites (tertiary alicyclic amines) is 1. The number of benzene rings is 2. The third kappa shape index (κ3) is 4.11. The zero-order valence-corrected chi connectivity index (χ0v) is 21.8. The highest BCUT2D eigenvalue weighted by atomic mass is 16.5. The van der Waals surface area contributed by atoms with E-state index in [0.717, 1.165) is 44.8 Å². The maximum absolute atomic E-state index is 14.0. The number of amides is 3. The van der Waals surface area contributed by atoms with Crippen molar-refractivity contribution in [3.05, 3.63) is 65.2 Å². The van der Waals surface area contributed by atoms with Crippen molar-refractivity contribution in [2.45, 2.75) is 50.2 Å². The van der Waals surface area contributed by atoms with Gasteiger partial charge in [0.25, 0.3) is 5.91 Å². The van der Waals surface area contributed by atoms with Crippen molar-refractivity contribution in [1.29, 1.82) is 0 Å². The molecule has 0 aromatic heterocycles. The van der Waals surface area contributed by atoms with Crippen molar-refractivity contribution in [3.63, 3.8) is 0 Å². The molecular formula is C29H37N5O3. The van der Waals surface area contributed by atoms with Gasteiger partial charge in [-0.1, -0.05) is 36.4 Å². The van der Waals surface area contributed by atoms with Crippen LogP contribution in [0.25, 0.3) is 0 Å². The first-order valence-corrected chi connectivity index (χ1v) is 13.6. The molecule has 196 valence electrons. The zero-order valence-electron chi connectivity index (χ0n) is 21.8. The highest BCUT2D eigenvalue weighted by Crippen LogP contribution is 2.40. The number of nitrogens with one attached hydrogen (secondary N) is 2. The molecule has 0 bridgehead atoms. The van der Waals surface area contributed by atoms with Crippen LogP contribution >= 0.6 is 0 Å². The van der Waals surface area contributed by atoms with Crippen LogP contribution in [0.3, 0.4) is 0 Å². The number of carbonyl (C=O) groups excluding carboxylic acids is 2. The molecule has 2 atom stereocenters. The number of ether oxygens (including phenoxy) is 1. The number of nitrogens with zero attached hydrogens (tertiary/aromatic N) is 3. The fourth-order valence-corrected chi connectivity index (χ4v) is 7.01. The molecule has 37 heavy (non-hydrogen) atoms. The lowest BCUT2D eigenvalue weighted by atomic mass is 9.84. The molecule has 0 saturated carbocycles. The van der Waals surface area contributed by atoms with Crippen LogP contribution in [-0.2, 0) is 17.6 Å². The molecule has 2 aromatic rings. The second-order valence-corrected chi connectivity index (χ2v) is 10.9. The third-order valence-electron chi connectivity index (χ3n) is 9.03. The van der Waals surface area contributed by atoms with Gasteiger partial charge in [-0.15, -0.1) is 0 Å². The Morgan fingerprint density at radius 3 is 2.30 bits per heavy atom. The van der Waals surface area contributed by atoms with E-state index in [2.05, 4.69) is 40.0 Å². The molecular weight excluding hydrogens is 466 g/mol. The maximum atomic E-state index is 14.0. The van der Waals surface area contributed by atoms with Gasteiger partial charge in [0, 0.05) is 44.7 Å². The van der Waals surface area contributed by atoms with E-state index < -0.39 is 5.54 Å². The van der Waals surface area contributed by atoms with E-state index in [1.807, 2.05) is 36.1 Å². The number of piperidine rings is 1. The number of hydrogen-bond acceptors (Lipinski definition) is 6. The van der Waals surface area contributed by atoms with E-state index in [-0.39, 0.29) is 24.0 Å². The Balaban J connectivity index is 1.13. The SMILES string of the molecule is CCN1C(=O)N(C2Cc3ccccc3C2)C(=O)C12CCN(CC1CNNC1c1ccc(OC)cc1)CC2. The number of hydrogen-bond donors (Lipinski definition) is 2. The average molecular weight is 504 g/mol. The van der Waals surface area contributed by atoms with Crippen LogP contribution in [-0.4, -0.2) is 78.1 Å². The first-order chi connectivity index (χ1) is 18.0. The fraction of sp³-hybridized carbons (Fsp3) is 0.517. The smallest absolute Gasteiger partial charge is 0.327 e. The van der Waals surface area contributed by atoms with Crippen molar-refractivity contribution in [3.8, 4) is 5.75 Å². The van der Waals surface area contributed by atoms with E-state index in [4.69, 9.17) is 4.74 Å². The Kier molecular flexibility index (Phi) is 6.42. The molecule has 1 spiro atoms. The van der Waals surface area contributed by atoms with Gasteiger partial charge in [0.05, 0.1) is 13.2 Å². The lowest BCUT2D eigenvalue weighted by Gasteiger charge is -2.42. The second kappa shape index (κ2) is 9.74. The van der Waals surface area contributed by atoms with Gasteiger partial charge in [0.1, 0.15) is 11.3 Å². The van der Waals surface area contributed by atoms with Gasteiger partial charge >= 0.3 is 6.03 Å². The maximum Gasteiger partial charge on any atom is 0.327 e. The summed E-state index contributed by atoms with van der Waals surface area (Å²) in [5.74, 6) is 1.30. The number of urea groups is 1. The zero-order chi connectivity index (χ0) is 25.6. The minimum Gasteiger partial charge on any atom is -0.497 e. The summed E-state index contributed by atoms with van der Waals surface area (Å²) in [5.41, 5.74) is 9.85. The van der Waals surface area contributed by atoms with Gasteiger partial charge in [-0.3, -0.25) is 15.1 Å². The summed E-state index contributed by atoms with van der Waals surface area (Å²) in [6, 6.07) is 16.7. The largest absolute Gasteiger partial charge is 0.497 e. The number of methoxy groups -OCH3 is 1. The van der Waals surface area contributed by atoms with Crippen molar-refractivity contribution < 1.29 is 14.3 Å². The van der Waals surface area contributed by atoms with Gasteiger partial charge < -0.3 is 14.5 Å². The molecule has 3 fully saturated rings. The summed E-state index contributed by atoms with van der Waals surface area (Å²) in [5, 5.41) is 0. The summed E-state index contributed by atoms with van der Waals surface area (Å²) in [7, 11) is 1.69. The van der Waals surface area contributed by atoms with E-state index in [1.165, 1.54) is 16.7 Å². The Hall–Kier alpha value is -2.94. The molecule has 3 amide bonds. The molecule has 2 aromatic carbocycles. The van der Waals surface area contributed by atoms with E-state index in [0.29, 0.717) is 25.3 Å². The van der Waals surface area contributed by atoms with E-state index in [9.17, 15) is 9.59 Å². The second-order valence-electron chi connectivity index (χ2n) is 10.9. The minimum atomic E-state index is -0.696. The Bertz CT molecular complexity index is 1140. The molecule has 3 aliphatic heterocycles.